The van der Waals surface area contributed by atoms with E-state index in [2.05, 4.69) is 6.26 Å². The fourth-order valence-corrected chi connectivity index (χ4v) is 0.621. The lowest BCUT2D eigenvalue weighted by molar-refractivity contribution is 1.58. The van der Waals surface area contributed by atoms with Crippen molar-refractivity contribution in [1.29, 1.82) is 0 Å². The maximum absolute atomic E-state index is 5.58. The van der Waals surface area contributed by atoms with Gasteiger partial charge in [-0.25, -0.2) is 0 Å². The molecule has 0 aromatic rings. The zero-order chi connectivity index (χ0) is 5.70. The molecule has 0 aliphatic heterocycles. The van der Waals surface area contributed by atoms with Gasteiger partial charge in [-0.05, 0) is 6.92 Å². The van der Waals surface area contributed by atoms with Crippen molar-refractivity contribution < 1.29 is 0 Å². The topological polar surface area (TPSA) is 0 Å². The second-order valence-electron chi connectivity index (χ2n) is 1.04. The molecule has 0 aromatic carbocycles. The molecule has 7 heavy (non-hydrogen) atoms. The molecule has 0 aromatic heterocycles. The lowest BCUT2D eigenvalue weighted by Crippen LogP contribution is -1.77. The van der Waals surface area contributed by atoms with Crippen LogP contribution in [0.25, 0.3) is 0 Å². The van der Waals surface area contributed by atoms with Crippen molar-refractivity contribution in [3.63, 3.8) is 0 Å². The summed E-state index contributed by atoms with van der Waals surface area (Å²) in [5, 5.41) is 0. The monoisotopic (exact) mass is 135 g/mol. The Balaban J connectivity index is 3.16. The minimum Gasteiger partial charge on any atom is -0.137 e. The highest BCUT2D eigenvalue weighted by Crippen LogP contribution is 2.13. The van der Waals surface area contributed by atoms with Crippen LogP contribution in [0.4, 0.5) is 0 Å². The number of rotatable bonds is 2. The fraction of sp³-hybridized carbons (Fsp3) is 0.400. The summed E-state index contributed by atoms with van der Waals surface area (Å²) in [5.74, 6) is 0. The van der Waals surface area contributed by atoms with E-state index in [-0.39, 0.29) is 4.71 Å². The minimum absolute atomic E-state index is 0.0463. The van der Waals surface area contributed by atoms with Crippen molar-refractivity contribution in [2.75, 3.05) is 0 Å². The minimum atomic E-state index is 0.0463. The molecule has 0 heterocycles. The van der Waals surface area contributed by atoms with Gasteiger partial charge in [0.25, 0.3) is 0 Å². The van der Waals surface area contributed by atoms with E-state index in [1.807, 2.05) is 19.1 Å². The van der Waals surface area contributed by atoms with E-state index >= 15 is 0 Å². The second kappa shape index (κ2) is 4.54. The molecule has 1 atom stereocenters. The van der Waals surface area contributed by atoms with Crippen LogP contribution >= 0.6 is 23.4 Å². The molecule has 0 aliphatic carbocycles. The molecular formula is C5H8ClS. The third-order valence-electron chi connectivity index (χ3n) is 0.503. The molecule has 0 saturated carbocycles. The fourth-order valence-electron chi connectivity index (χ4n) is 0.207. The van der Waals surface area contributed by atoms with Crippen LogP contribution in [0.5, 0.6) is 0 Å². The van der Waals surface area contributed by atoms with Crippen molar-refractivity contribution in [3.8, 4) is 0 Å². The SMILES string of the molecule is [CH2]SC(Cl)/C=C/C. The number of hydrogen-bond donors (Lipinski definition) is 0. The van der Waals surface area contributed by atoms with Crippen molar-refractivity contribution in [2.45, 2.75) is 11.6 Å². The summed E-state index contributed by atoms with van der Waals surface area (Å²) < 4.78 is 0.0463. The molecule has 41 valence electrons. The largest absolute Gasteiger partial charge is 0.137 e. The van der Waals surface area contributed by atoms with E-state index in [4.69, 9.17) is 11.6 Å². The van der Waals surface area contributed by atoms with Crippen LogP contribution < -0.4 is 0 Å². The van der Waals surface area contributed by atoms with Gasteiger partial charge in [0, 0.05) is 6.26 Å². The molecule has 0 amide bonds. The van der Waals surface area contributed by atoms with Gasteiger partial charge < -0.3 is 0 Å². The standard InChI is InChI=1S/C5H8ClS/c1-3-4-5(6)7-2/h3-5H,2H2,1H3/b4-3+. The molecular weight excluding hydrogens is 128 g/mol. The van der Waals surface area contributed by atoms with Crippen LogP contribution in [0, 0.1) is 6.26 Å². The van der Waals surface area contributed by atoms with Crippen LogP contribution in [0.15, 0.2) is 12.2 Å². The Hall–Kier alpha value is 0.380. The summed E-state index contributed by atoms with van der Waals surface area (Å²) in [6, 6.07) is 0. The molecule has 0 aliphatic rings. The van der Waals surface area contributed by atoms with E-state index in [1.54, 1.807) is 0 Å². The first kappa shape index (κ1) is 7.38. The third-order valence-corrected chi connectivity index (χ3v) is 1.50. The van der Waals surface area contributed by atoms with Gasteiger partial charge in [0.2, 0.25) is 0 Å². The van der Waals surface area contributed by atoms with Crippen molar-refractivity contribution >= 4 is 23.4 Å². The van der Waals surface area contributed by atoms with Crippen LogP contribution in [-0.4, -0.2) is 4.71 Å². The number of hydrogen-bond acceptors (Lipinski definition) is 1. The summed E-state index contributed by atoms with van der Waals surface area (Å²) in [7, 11) is 0. The van der Waals surface area contributed by atoms with Gasteiger partial charge in [0.15, 0.2) is 0 Å². The molecule has 1 radical (unpaired) electrons. The quantitative estimate of drug-likeness (QED) is 0.415. The molecule has 0 fully saturated rings. The smallest absolute Gasteiger partial charge is 0.0969 e. The van der Waals surface area contributed by atoms with E-state index in [1.165, 1.54) is 11.8 Å². The molecule has 0 saturated heterocycles. The number of thioether (sulfide) groups is 1. The molecule has 1 unspecified atom stereocenters. The van der Waals surface area contributed by atoms with Crippen LogP contribution in [-0.2, 0) is 0 Å². The summed E-state index contributed by atoms with van der Waals surface area (Å²) in [5.41, 5.74) is 0. The maximum Gasteiger partial charge on any atom is 0.0969 e. The summed E-state index contributed by atoms with van der Waals surface area (Å²) >= 11 is 6.96. The highest BCUT2D eigenvalue weighted by Gasteiger charge is 1.89. The molecule has 0 N–H and O–H groups in total. The second-order valence-corrected chi connectivity index (χ2v) is 2.61. The number of allylic oxidation sites excluding steroid dienone is 1. The van der Waals surface area contributed by atoms with Gasteiger partial charge in [-0.15, -0.1) is 23.4 Å². The first-order valence-corrected chi connectivity index (χ1v) is 3.47. The number of halogens is 1. The number of alkyl halides is 1. The van der Waals surface area contributed by atoms with Gasteiger partial charge in [0.1, 0.15) is 0 Å². The third kappa shape index (κ3) is 4.23. The van der Waals surface area contributed by atoms with E-state index < -0.39 is 0 Å². The van der Waals surface area contributed by atoms with E-state index in [0.717, 1.165) is 0 Å². The Morgan fingerprint density at radius 3 is 2.57 bits per heavy atom. The Kier molecular flexibility index (Phi) is 4.78. The molecule has 0 rings (SSSR count). The zero-order valence-corrected chi connectivity index (χ0v) is 5.80. The first-order valence-electron chi connectivity index (χ1n) is 1.99. The lowest BCUT2D eigenvalue weighted by Gasteiger charge is -1.92. The van der Waals surface area contributed by atoms with Gasteiger partial charge in [-0.2, -0.15) is 0 Å². The Bertz CT molecular complexity index is 61.1. The van der Waals surface area contributed by atoms with Crippen molar-refractivity contribution in [3.05, 3.63) is 18.4 Å². The highest BCUT2D eigenvalue weighted by atomic mass is 35.5. The average molecular weight is 136 g/mol. The van der Waals surface area contributed by atoms with E-state index in [9.17, 15) is 0 Å². The zero-order valence-electron chi connectivity index (χ0n) is 4.23. The normalized spacial score (nSPS) is 15.3. The van der Waals surface area contributed by atoms with Crippen molar-refractivity contribution in [2.24, 2.45) is 0 Å². The van der Waals surface area contributed by atoms with Crippen LogP contribution in [0.1, 0.15) is 6.92 Å². The highest BCUT2D eigenvalue weighted by molar-refractivity contribution is 8.02. The molecule has 0 nitrogen and oxygen atoms in total. The molecule has 2 heteroatoms. The Morgan fingerprint density at radius 2 is 2.43 bits per heavy atom. The lowest BCUT2D eigenvalue weighted by atomic mass is 10.6. The van der Waals surface area contributed by atoms with E-state index in [0.29, 0.717) is 0 Å². The Morgan fingerprint density at radius 1 is 1.86 bits per heavy atom. The maximum atomic E-state index is 5.58. The molecule has 0 spiro atoms. The Labute approximate surface area is 53.9 Å². The first-order chi connectivity index (χ1) is 3.31. The van der Waals surface area contributed by atoms with Gasteiger partial charge in [-0.1, -0.05) is 12.2 Å². The van der Waals surface area contributed by atoms with Gasteiger partial charge in [0.05, 0.1) is 4.71 Å². The predicted molar refractivity (Wildman–Crippen MR) is 37.4 cm³/mol. The van der Waals surface area contributed by atoms with Gasteiger partial charge in [-0.3, -0.25) is 0 Å². The average Bonchev–Trinajstić information content (AvgIpc) is 1.68. The van der Waals surface area contributed by atoms with Gasteiger partial charge >= 0.3 is 0 Å². The van der Waals surface area contributed by atoms with Crippen LogP contribution in [0.3, 0.4) is 0 Å². The van der Waals surface area contributed by atoms with Crippen LogP contribution in [0.2, 0.25) is 0 Å². The summed E-state index contributed by atoms with van der Waals surface area (Å²) in [6.45, 7) is 1.94. The van der Waals surface area contributed by atoms with Crippen molar-refractivity contribution in [1.82, 2.24) is 0 Å². The molecule has 0 bridgehead atoms. The predicted octanol–water partition coefficient (Wildman–Crippen LogP) is 2.65. The summed E-state index contributed by atoms with van der Waals surface area (Å²) in [4.78, 5) is 0. The summed E-state index contributed by atoms with van der Waals surface area (Å²) in [6.07, 6.45) is 7.34.